The molecule has 0 bridgehead atoms. The van der Waals surface area contributed by atoms with E-state index in [0.717, 1.165) is 15.2 Å². The fourth-order valence-electron chi connectivity index (χ4n) is 3.16. The van der Waals surface area contributed by atoms with Gasteiger partial charge in [-0.1, -0.05) is 18.2 Å². The van der Waals surface area contributed by atoms with Crippen LogP contribution in [0.25, 0.3) is 16.7 Å². The van der Waals surface area contributed by atoms with Crippen molar-refractivity contribution in [1.82, 2.24) is 19.1 Å². The van der Waals surface area contributed by atoms with Gasteiger partial charge in [0.15, 0.2) is 5.82 Å². The second-order valence-corrected chi connectivity index (χ2v) is 9.34. The number of carbonyl (C=O) groups excluding carboxylic acids is 1. The molecular weight excluding hydrogens is 414 g/mol. The Kier molecular flexibility index (Phi) is 5.30. The summed E-state index contributed by atoms with van der Waals surface area (Å²) in [5.41, 5.74) is 2.37. The molecule has 0 atom stereocenters. The molecule has 2 heterocycles. The van der Waals surface area contributed by atoms with Gasteiger partial charge in [-0.25, -0.2) is 22.4 Å². The molecule has 158 valence electrons. The topological polar surface area (TPSA) is 97.2 Å². The molecule has 2 aromatic heterocycles. The first-order valence-electron chi connectivity index (χ1n) is 9.52. The van der Waals surface area contributed by atoms with E-state index in [0.29, 0.717) is 22.8 Å². The molecule has 0 unspecified atom stereocenters. The number of amides is 1. The van der Waals surface area contributed by atoms with E-state index in [4.69, 9.17) is 0 Å². The number of rotatable bonds is 5. The van der Waals surface area contributed by atoms with Crippen LogP contribution in [0.3, 0.4) is 0 Å². The summed E-state index contributed by atoms with van der Waals surface area (Å²) in [5, 5.41) is 8.13. The number of benzene rings is 2. The van der Waals surface area contributed by atoms with Crippen molar-refractivity contribution >= 4 is 32.5 Å². The first kappa shape index (κ1) is 20.7. The van der Waals surface area contributed by atoms with Gasteiger partial charge in [-0.05, 0) is 49.4 Å². The molecule has 4 aromatic rings. The van der Waals surface area contributed by atoms with Crippen LogP contribution in [0.4, 0.5) is 5.69 Å². The van der Waals surface area contributed by atoms with E-state index in [9.17, 15) is 13.2 Å². The molecule has 0 radical (unpaired) electrons. The number of sulfonamides is 1. The quantitative estimate of drug-likeness (QED) is 0.519. The third kappa shape index (κ3) is 3.92. The van der Waals surface area contributed by atoms with Gasteiger partial charge < -0.3 is 5.32 Å². The van der Waals surface area contributed by atoms with Gasteiger partial charge >= 0.3 is 0 Å². The maximum atomic E-state index is 12.8. The molecule has 1 N–H and O–H groups in total. The maximum absolute atomic E-state index is 12.8. The average Bonchev–Trinajstić information content (AvgIpc) is 3.15. The Balaban J connectivity index is 1.57. The Labute approximate surface area is 180 Å². The summed E-state index contributed by atoms with van der Waals surface area (Å²) in [6.45, 7) is 1.80. The Morgan fingerprint density at radius 2 is 1.71 bits per heavy atom. The first-order valence-corrected chi connectivity index (χ1v) is 11.0. The molecular formula is C22H21N5O3S. The van der Waals surface area contributed by atoms with E-state index in [1.165, 1.54) is 32.4 Å². The highest BCUT2D eigenvalue weighted by molar-refractivity contribution is 7.89. The van der Waals surface area contributed by atoms with Crippen LogP contribution in [-0.2, 0) is 10.0 Å². The lowest BCUT2D eigenvalue weighted by Gasteiger charge is -2.12. The molecule has 9 heteroatoms. The van der Waals surface area contributed by atoms with Gasteiger partial charge in [0.25, 0.3) is 5.91 Å². The lowest BCUT2D eigenvalue weighted by Crippen LogP contribution is -2.22. The van der Waals surface area contributed by atoms with Gasteiger partial charge in [-0.15, -0.1) is 0 Å². The highest BCUT2D eigenvalue weighted by Gasteiger charge is 2.18. The number of nitrogens with zero attached hydrogens (tertiary/aromatic N) is 4. The highest BCUT2D eigenvalue weighted by Crippen LogP contribution is 2.20. The normalized spacial score (nSPS) is 11.7. The van der Waals surface area contributed by atoms with Crippen molar-refractivity contribution in [3.63, 3.8) is 0 Å². The van der Waals surface area contributed by atoms with Gasteiger partial charge in [0.2, 0.25) is 10.0 Å². The fraction of sp³-hybridized carbons (Fsp3) is 0.136. The summed E-state index contributed by atoms with van der Waals surface area (Å²) in [4.78, 5) is 17.5. The van der Waals surface area contributed by atoms with Crippen molar-refractivity contribution in [2.75, 3.05) is 19.4 Å². The molecule has 0 aliphatic heterocycles. The number of para-hydroxylation sites is 1. The minimum Gasteiger partial charge on any atom is -0.322 e. The largest absolute Gasteiger partial charge is 0.322 e. The fourth-order valence-corrected chi connectivity index (χ4v) is 4.06. The summed E-state index contributed by atoms with van der Waals surface area (Å²) in [6, 6.07) is 17.6. The average molecular weight is 436 g/mol. The molecule has 2 aromatic carbocycles. The molecule has 31 heavy (non-hydrogen) atoms. The van der Waals surface area contributed by atoms with Crippen molar-refractivity contribution in [3.05, 3.63) is 78.1 Å². The van der Waals surface area contributed by atoms with Crippen molar-refractivity contribution in [2.24, 2.45) is 0 Å². The molecule has 1 amide bonds. The van der Waals surface area contributed by atoms with Gasteiger partial charge in [-0.2, -0.15) is 5.10 Å². The predicted molar refractivity (Wildman–Crippen MR) is 119 cm³/mol. The Morgan fingerprint density at radius 3 is 2.42 bits per heavy atom. The third-order valence-corrected chi connectivity index (χ3v) is 6.78. The standard InChI is InChI=1S/C22H21N5O3S/c1-15-19(14-23-27(15)21-13-8-16-6-4-5-7-20(16)25-21)22(28)24-17-9-11-18(12-10-17)31(29,30)26(2)3/h4-14H,1-3H3,(H,24,28). The number of aromatic nitrogens is 3. The second kappa shape index (κ2) is 7.93. The SMILES string of the molecule is Cc1c(C(=O)Nc2ccc(S(=O)(=O)N(C)C)cc2)cnn1-c1ccc2ccccc2n1. The van der Waals surface area contributed by atoms with E-state index in [1.807, 2.05) is 36.4 Å². The van der Waals surface area contributed by atoms with E-state index < -0.39 is 10.0 Å². The minimum atomic E-state index is -3.52. The zero-order chi connectivity index (χ0) is 22.2. The summed E-state index contributed by atoms with van der Waals surface area (Å²) < 4.78 is 27.1. The van der Waals surface area contributed by atoms with Crippen molar-refractivity contribution in [2.45, 2.75) is 11.8 Å². The lowest BCUT2D eigenvalue weighted by atomic mass is 10.2. The zero-order valence-corrected chi connectivity index (χ0v) is 18.1. The van der Waals surface area contributed by atoms with E-state index in [2.05, 4.69) is 15.4 Å². The monoisotopic (exact) mass is 435 g/mol. The Morgan fingerprint density at radius 1 is 1.00 bits per heavy atom. The van der Waals surface area contributed by atoms with Crippen molar-refractivity contribution in [3.8, 4) is 5.82 Å². The van der Waals surface area contributed by atoms with Crippen molar-refractivity contribution < 1.29 is 13.2 Å². The maximum Gasteiger partial charge on any atom is 0.259 e. The van der Waals surface area contributed by atoms with Crippen LogP contribution in [0.1, 0.15) is 16.1 Å². The molecule has 8 nitrogen and oxygen atoms in total. The van der Waals surface area contributed by atoms with E-state index in [-0.39, 0.29) is 10.8 Å². The van der Waals surface area contributed by atoms with Gasteiger partial charge in [-0.3, -0.25) is 4.79 Å². The predicted octanol–water partition coefficient (Wildman–Crippen LogP) is 3.23. The molecule has 0 aliphatic rings. The van der Waals surface area contributed by atoms with Crippen molar-refractivity contribution in [1.29, 1.82) is 0 Å². The third-order valence-electron chi connectivity index (χ3n) is 4.95. The molecule has 0 saturated heterocycles. The molecule has 0 fully saturated rings. The number of hydrogen-bond acceptors (Lipinski definition) is 5. The zero-order valence-electron chi connectivity index (χ0n) is 17.3. The van der Waals surface area contributed by atoms with Crippen LogP contribution in [0.15, 0.2) is 71.8 Å². The van der Waals surface area contributed by atoms with Crippen LogP contribution in [0.2, 0.25) is 0 Å². The summed E-state index contributed by atoms with van der Waals surface area (Å²) in [7, 11) is -0.587. The van der Waals surface area contributed by atoms with Crippen LogP contribution in [0.5, 0.6) is 0 Å². The highest BCUT2D eigenvalue weighted by atomic mass is 32.2. The lowest BCUT2D eigenvalue weighted by molar-refractivity contribution is 0.102. The van der Waals surface area contributed by atoms with Gasteiger partial charge in [0.1, 0.15) is 0 Å². The number of anilines is 1. The number of pyridine rings is 1. The Hall–Kier alpha value is -3.56. The summed E-state index contributed by atoms with van der Waals surface area (Å²) >= 11 is 0. The van der Waals surface area contributed by atoms with Crippen LogP contribution >= 0.6 is 0 Å². The van der Waals surface area contributed by atoms with Gasteiger partial charge in [0.05, 0.1) is 27.9 Å². The summed E-state index contributed by atoms with van der Waals surface area (Å²) in [6.07, 6.45) is 1.49. The summed E-state index contributed by atoms with van der Waals surface area (Å²) in [5.74, 6) is 0.279. The van der Waals surface area contributed by atoms with Crippen LogP contribution in [-0.4, -0.2) is 47.5 Å². The van der Waals surface area contributed by atoms with Gasteiger partial charge in [0, 0.05) is 25.2 Å². The van der Waals surface area contributed by atoms with Crippen LogP contribution in [0, 0.1) is 6.92 Å². The number of hydrogen-bond donors (Lipinski definition) is 1. The molecule has 0 aliphatic carbocycles. The number of fused-ring (bicyclic) bond motifs is 1. The molecule has 0 saturated carbocycles. The van der Waals surface area contributed by atoms with E-state index in [1.54, 1.807) is 23.7 Å². The smallest absolute Gasteiger partial charge is 0.259 e. The Bertz CT molecular complexity index is 1380. The first-order chi connectivity index (χ1) is 14.8. The van der Waals surface area contributed by atoms with Crippen LogP contribution < -0.4 is 5.32 Å². The minimum absolute atomic E-state index is 0.155. The molecule has 0 spiro atoms. The second-order valence-electron chi connectivity index (χ2n) is 7.18. The molecule has 4 rings (SSSR count). The number of carbonyl (C=O) groups is 1. The van der Waals surface area contributed by atoms with E-state index >= 15 is 0 Å². The number of nitrogens with one attached hydrogen (secondary N) is 1.